The number of carbonyl (C=O) groups is 1. The van der Waals surface area contributed by atoms with Crippen molar-refractivity contribution in [3.63, 3.8) is 0 Å². The molecule has 1 amide bonds. The van der Waals surface area contributed by atoms with Gasteiger partial charge in [-0.05, 0) is 60.3 Å². The van der Waals surface area contributed by atoms with Gasteiger partial charge in [0.2, 0.25) is 0 Å². The lowest BCUT2D eigenvalue weighted by Crippen LogP contribution is -2.15. The van der Waals surface area contributed by atoms with E-state index in [1.54, 1.807) is 25.1 Å². The Morgan fingerprint density at radius 3 is 2.45 bits per heavy atom. The molecule has 0 unspecified atom stereocenters. The number of hydrogen-bond donors (Lipinski definition) is 1. The van der Waals surface area contributed by atoms with Crippen LogP contribution in [0.2, 0.25) is 0 Å². The average molecular weight is 401 g/mol. The minimum atomic E-state index is -0.208. The molecule has 0 bridgehead atoms. The number of benzene rings is 3. The first kappa shape index (κ1) is 19.0. The molecule has 1 heterocycles. The molecule has 0 atom stereocenters. The SMILES string of the molecule is COc1ccc(Sc2cccc3cccc(NC(=O)c4ncccc4C)c23)cc1. The number of ether oxygens (including phenoxy) is 1. The summed E-state index contributed by atoms with van der Waals surface area (Å²) in [5.41, 5.74) is 2.05. The van der Waals surface area contributed by atoms with Crippen LogP contribution in [-0.2, 0) is 0 Å². The fourth-order valence-corrected chi connectivity index (χ4v) is 4.17. The molecule has 0 aliphatic heterocycles. The van der Waals surface area contributed by atoms with Gasteiger partial charge in [0.05, 0.1) is 12.8 Å². The summed E-state index contributed by atoms with van der Waals surface area (Å²) in [6, 6.07) is 23.7. The zero-order valence-corrected chi connectivity index (χ0v) is 17.0. The molecule has 1 aromatic heterocycles. The van der Waals surface area contributed by atoms with Gasteiger partial charge in [-0.3, -0.25) is 9.78 Å². The smallest absolute Gasteiger partial charge is 0.274 e. The van der Waals surface area contributed by atoms with Crippen molar-refractivity contribution in [1.29, 1.82) is 0 Å². The summed E-state index contributed by atoms with van der Waals surface area (Å²) >= 11 is 1.65. The number of nitrogens with zero attached hydrogens (tertiary/aromatic N) is 1. The van der Waals surface area contributed by atoms with Crippen LogP contribution < -0.4 is 10.1 Å². The number of methoxy groups -OCH3 is 1. The number of anilines is 1. The number of pyridine rings is 1. The summed E-state index contributed by atoms with van der Waals surface area (Å²) in [4.78, 5) is 19.2. The lowest BCUT2D eigenvalue weighted by Gasteiger charge is -2.13. The molecular formula is C24H20N2O2S. The topological polar surface area (TPSA) is 51.2 Å². The van der Waals surface area contributed by atoms with E-state index in [1.807, 2.05) is 61.5 Å². The lowest BCUT2D eigenvalue weighted by molar-refractivity contribution is 0.102. The van der Waals surface area contributed by atoms with Gasteiger partial charge in [0.1, 0.15) is 11.4 Å². The van der Waals surface area contributed by atoms with Crippen LogP contribution in [0.3, 0.4) is 0 Å². The third-order valence-electron chi connectivity index (χ3n) is 4.63. The first-order valence-electron chi connectivity index (χ1n) is 9.22. The normalized spacial score (nSPS) is 10.7. The Morgan fingerprint density at radius 1 is 0.966 bits per heavy atom. The van der Waals surface area contributed by atoms with E-state index >= 15 is 0 Å². The van der Waals surface area contributed by atoms with E-state index in [2.05, 4.69) is 28.5 Å². The fraction of sp³-hybridized carbons (Fsp3) is 0.0833. The van der Waals surface area contributed by atoms with Crippen molar-refractivity contribution in [3.8, 4) is 5.75 Å². The predicted molar refractivity (Wildman–Crippen MR) is 118 cm³/mol. The second-order valence-corrected chi connectivity index (χ2v) is 7.68. The van der Waals surface area contributed by atoms with E-state index in [-0.39, 0.29) is 5.91 Å². The molecule has 0 saturated heterocycles. The Balaban J connectivity index is 1.71. The van der Waals surface area contributed by atoms with Crippen LogP contribution in [0.5, 0.6) is 5.75 Å². The Hall–Kier alpha value is -3.31. The van der Waals surface area contributed by atoms with Gasteiger partial charge in [-0.25, -0.2) is 0 Å². The van der Waals surface area contributed by atoms with Crippen molar-refractivity contribution in [2.24, 2.45) is 0 Å². The van der Waals surface area contributed by atoms with Crippen LogP contribution in [0.1, 0.15) is 16.1 Å². The van der Waals surface area contributed by atoms with Gasteiger partial charge in [-0.15, -0.1) is 0 Å². The Labute approximate surface area is 173 Å². The zero-order valence-electron chi connectivity index (χ0n) is 16.2. The quantitative estimate of drug-likeness (QED) is 0.449. The highest BCUT2D eigenvalue weighted by atomic mass is 32.2. The lowest BCUT2D eigenvalue weighted by atomic mass is 10.1. The molecule has 4 aromatic rings. The van der Waals surface area contributed by atoms with Crippen LogP contribution in [0.15, 0.2) is 88.8 Å². The highest BCUT2D eigenvalue weighted by Gasteiger charge is 2.14. The summed E-state index contributed by atoms with van der Waals surface area (Å²) < 4.78 is 5.24. The van der Waals surface area contributed by atoms with E-state index < -0.39 is 0 Å². The molecule has 0 aliphatic rings. The third-order valence-corrected chi connectivity index (χ3v) is 5.69. The van der Waals surface area contributed by atoms with Crippen molar-refractivity contribution < 1.29 is 9.53 Å². The highest BCUT2D eigenvalue weighted by Crippen LogP contribution is 2.38. The first-order valence-corrected chi connectivity index (χ1v) is 10.0. The van der Waals surface area contributed by atoms with Crippen molar-refractivity contribution in [2.45, 2.75) is 16.7 Å². The van der Waals surface area contributed by atoms with E-state index in [1.165, 1.54) is 0 Å². The Bertz CT molecular complexity index is 1170. The maximum Gasteiger partial charge on any atom is 0.274 e. The number of hydrogen-bond acceptors (Lipinski definition) is 4. The van der Waals surface area contributed by atoms with Gasteiger partial charge in [0.15, 0.2) is 0 Å². The largest absolute Gasteiger partial charge is 0.497 e. The summed E-state index contributed by atoms with van der Waals surface area (Å²) in [6.45, 7) is 1.88. The number of aromatic nitrogens is 1. The minimum absolute atomic E-state index is 0.208. The molecule has 3 aromatic carbocycles. The number of aryl methyl sites for hydroxylation is 1. The van der Waals surface area contributed by atoms with Crippen LogP contribution in [0.25, 0.3) is 10.8 Å². The number of nitrogens with one attached hydrogen (secondary N) is 1. The molecule has 4 nitrogen and oxygen atoms in total. The van der Waals surface area contributed by atoms with Crippen LogP contribution in [0.4, 0.5) is 5.69 Å². The van der Waals surface area contributed by atoms with Crippen molar-refractivity contribution in [2.75, 3.05) is 12.4 Å². The molecule has 0 fully saturated rings. The predicted octanol–water partition coefficient (Wildman–Crippen LogP) is 5.96. The number of rotatable bonds is 5. The van der Waals surface area contributed by atoms with Gasteiger partial charge < -0.3 is 10.1 Å². The second kappa shape index (κ2) is 8.37. The monoisotopic (exact) mass is 400 g/mol. The van der Waals surface area contributed by atoms with E-state index in [0.29, 0.717) is 5.69 Å². The van der Waals surface area contributed by atoms with Gasteiger partial charge in [0, 0.05) is 21.4 Å². The highest BCUT2D eigenvalue weighted by molar-refractivity contribution is 7.99. The van der Waals surface area contributed by atoms with Crippen LogP contribution in [0, 0.1) is 6.92 Å². The summed E-state index contributed by atoms with van der Waals surface area (Å²) in [5, 5.41) is 5.13. The van der Waals surface area contributed by atoms with Crippen molar-refractivity contribution >= 4 is 34.1 Å². The standard InChI is InChI=1S/C24H20N2O2S/c1-16-6-5-15-25-23(16)24(27)26-20-9-3-7-17-8-4-10-21(22(17)20)29-19-13-11-18(28-2)12-14-19/h3-15H,1-2H3,(H,26,27). The average Bonchev–Trinajstić information content (AvgIpc) is 2.75. The molecule has 4 rings (SSSR count). The first-order chi connectivity index (χ1) is 14.2. The van der Waals surface area contributed by atoms with E-state index in [0.717, 1.165) is 37.6 Å². The molecule has 0 radical (unpaired) electrons. The second-order valence-electron chi connectivity index (χ2n) is 6.56. The minimum Gasteiger partial charge on any atom is -0.497 e. The molecule has 0 aliphatic carbocycles. The molecule has 144 valence electrons. The Kier molecular flexibility index (Phi) is 5.49. The molecule has 1 N–H and O–H groups in total. The summed E-state index contributed by atoms with van der Waals surface area (Å²) in [6.07, 6.45) is 1.63. The molecule has 5 heteroatoms. The fourth-order valence-electron chi connectivity index (χ4n) is 3.17. The summed E-state index contributed by atoms with van der Waals surface area (Å²) in [5.74, 6) is 0.616. The van der Waals surface area contributed by atoms with Gasteiger partial charge >= 0.3 is 0 Å². The third kappa shape index (κ3) is 4.10. The van der Waals surface area contributed by atoms with Gasteiger partial charge in [0.25, 0.3) is 5.91 Å². The molecule has 0 spiro atoms. The van der Waals surface area contributed by atoms with E-state index in [9.17, 15) is 4.79 Å². The summed E-state index contributed by atoms with van der Waals surface area (Å²) in [7, 11) is 1.66. The molecule has 0 saturated carbocycles. The van der Waals surface area contributed by atoms with Crippen LogP contribution >= 0.6 is 11.8 Å². The van der Waals surface area contributed by atoms with Gasteiger partial charge in [-0.1, -0.05) is 42.1 Å². The van der Waals surface area contributed by atoms with Crippen molar-refractivity contribution in [1.82, 2.24) is 4.98 Å². The number of carbonyl (C=O) groups excluding carboxylic acids is 1. The van der Waals surface area contributed by atoms with E-state index in [4.69, 9.17) is 4.74 Å². The van der Waals surface area contributed by atoms with Crippen LogP contribution in [-0.4, -0.2) is 18.0 Å². The number of fused-ring (bicyclic) bond motifs is 1. The number of amides is 1. The van der Waals surface area contributed by atoms with Crippen molar-refractivity contribution in [3.05, 3.63) is 90.3 Å². The maximum absolute atomic E-state index is 12.8. The molecule has 29 heavy (non-hydrogen) atoms. The maximum atomic E-state index is 12.8. The molecular weight excluding hydrogens is 380 g/mol. The zero-order chi connectivity index (χ0) is 20.2. The Morgan fingerprint density at radius 2 is 1.72 bits per heavy atom. The van der Waals surface area contributed by atoms with Gasteiger partial charge in [-0.2, -0.15) is 0 Å².